The molecule has 0 atom stereocenters. The van der Waals surface area contributed by atoms with Crippen molar-refractivity contribution < 1.29 is 4.74 Å². The quantitative estimate of drug-likeness (QED) is 0.836. The summed E-state index contributed by atoms with van der Waals surface area (Å²) in [5.41, 5.74) is 2.05. The van der Waals surface area contributed by atoms with Crippen molar-refractivity contribution in [2.45, 2.75) is 19.8 Å². The lowest BCUT2D eigenvalue weighted by Gasteiger charge is -2.07. The topological polar surface area (TPSA) is 26.5 Å². The van der Waals surface area contributed by atoms with E-state index in [1.165, 1.54) is 5.69 Å². The molecule has 0 aliphatic carbocycles. The molecule has 0 aliphatic heterocycles. The molecule has 0 radical (unpaired) electrons. The summed E-state index contributed by atoms with van der Waals surface area (Å²) in [6.45, 7) is 4.30. The summed E-state index contributed by atoms with van der Waals surface area (Å²) in [4.78, 5) is 4.37. The lowest BCUT2D eigenvalue weighted by molar-refractivity contribution is 0.416. The number of imidazole rings is 1. The number of fused-ring (bicyclic) bond motifs is 1. The summed E-state index contributed by atoms with van der Waals surface area (Å²) in [5, 5.41) is 0. The smallest absolute Gasteiger partial charge is 0.179 e. The fourth-order valence-electron chi connectivity index (χ4n) is 1.62. The van der Waals surface area contributed by atoms with Crippen LogP contribution in [-0.4, -0.2) is 16.5 Å². The number of hydrogen-bond donors (Lipinski definition) is 0. The van der Waals surface area contributed by atoms with Crippen LogP contribution in [0.5, 0.6) is 5.75 Å². The molecule has 0 amide bonds. The number of nitrogens with zero attached hydrogens (tertiary/aromatic N) is 2. The van der Waals surface area contributed by atoms with E-state index < -0.39 is 0 Å². The minimum atomic E-state index is 0.444. The van der Waals surface area contributed by atoms with E-state index in [-0.39, 0.29) is 0 Å². The summed E-state index contributed by atoms with van der Waals surface area (Å²) in [6.07, 6.45) is 3.91. The third-order valence-corrected chi connectivity index (χ3v) is 2.81. The molecule has 2 aromatic heterocycles. The van der Waals surface area contributed by atoms with E-state index in [0.29, 0.717) is 5.92 Å². The molecular formula is C11H13BrN2O. The van der Waals surface area contributed by atoms with Crippen LogP contribution in [0.3, 0.4) is 0 Å². The van der Waals surface area contributed by atoms with Gasteiger partial charge < -0.3 is 4.74 Å². The van der Waals surface area contributed by atoms with Crippen molar-refractivity contribution in [2.24, 2.45) is 0 Å². The Kier molecular flexibility index (Phi) is 2.69. The molecule has 0 aromatic carbocycles. The number of halogens is 1. The van der Waals surface area contributed by atoms with Crippen molar-refractivity contribution in [1.82, 2.24) is 9.38 Å². The first-order chi connectivity index (χ1) is 7.13. The predicted molar refractivity (Wildman–Crippen MR) is 63.5 cm³/mol. The van der Waals surface area contributed by atoms with Crippen LogP contribution < -0.4 is 4.74 Å². The second kappa shape index (κ2) is 3.85. The Hall–Kier alpha value is -1.03. The Bertz CT molecular complexity index is 491. The van der Waals surface area contributed by atoms with Gasteiger partial charge in [-0.05, 0) is 27.9 Å². The van der Waals surface area contributed by atoms with Crippen LogP contribution in [-0.2, 0) is 0 Å². The second-order valence-electron chi connectivity index (χ2n) is 3.76. The van der Waals surface area contributed by atoms with E-state index in [1.807, 2.05) is 18.5 Å². The molecule has 0 spiro atoms. The third kappa shape index (κ3) is 1.74. The lowest BCUT2D eigenvalue weighted by Crippen LogP contribution is -1.96. The molecule has 0 fully saturated rings. The van der Waals surface area contributed by atoms with E-state index in [1.54, 1.807) is 7.11 Å². The fourth-order valence-corrected chi connectivity index (χ4v) is 2.03. The Labute approximate surface area is 97.2 Å². The van der Waals surface area contributed by atoms with Crippen molar-refractivity contribution in [3.05, 3.63) is 28.6 Å². The number of hydrogen-bond acceptors (Lipinski definition) is 2. The van der Waals surface area contributed by atoms with Gasteiger partial charge in [0.1, 0.15) is 0 Å². The van der Waals surface area contributed by atoms with Gasteiger partial charge in [-0.2, -0.15) is 0 Å². The van der Waals surface area contributed by atoms with Gasteiger partial charge in [0.05, 0.1) is 7.11 Å². The molecule has 15 heavy (non-hydrogen) atoms. The highest BCUT2D eigenvalue weighted by Gasteiger charge is 2.11. The Morgan fingerprint density at radius 2 is 2.20 bits per heavy atom. The highest BCUT2D eigenvalue weighted by atomic mass is 79.9. The second-order valence-corrected chi connectivity index (χ2v) is 4.67. The maximum Gasteiger partial charge on any atom is 0.179 e. The molecular weight excluding hydrogens is 256 g/mol. The molecule has 4 heteroatoms. The van der Waals surface area contributed by atoms with E-state index in [2.05, 4.69) is 39.2 Å². The first-order valence-electron chi connectivity index (χ1n) is 4.84. The van der Waals surface area contributed by atoms with E-state index in [4.69, 9.17) is 4.74 Å². The Balaban J connectivity index is 2.75. The summed E-state index contributed by atoms with van der Waals surface area (Å²) < 4.78 is 8.34. The van der Waals surface area contributed by atoms with Gasteiger partial charge in [0, 0.05) is 22.6 Å². The van der Waals surface area contributed by atoms with Gasteiger partial charge in [-0.15, -0.1) is 0 Å². The fraction of sp³-hybridized carbons (Fsp3) is 0.364. The molecule has 2 rings (SSSR count). The number of aromatic nitrogens is 2. The van der Waals surface area contributed by atoms with E-state index in [0.717, 1.165) is 15.9 Å². The minimum Gasteiger partial charge on any atom is -0.493 e. The molecule has 0 unspecified atom stereocenters. The average Bonchev–Trinajstić information content (AvgIpc) is 2.59. The Morgan fingerprint density at radius 1 is 1.47 bits per heavy atom. The zero-order valence-corrected chi connectivity index (χ0v) is 10.6. The minimum absolute atomic E-state index is 0.444. The molecule has 3 nitrogen and oxygen atoms in total. The monoisotopic (exact) mass is 268 g/mol. The summed E-state index contributed by atoms with van der Waals surface area (Å²) in [7, 11) is 1.66. The van der Waals surface area contributed by atoms with E-state index >= 15 is 0 Å². The maximum atomic E-state index is 5.29. The van der Waals surface area contributed by atoms with Gasteiger partial charge >= 0.3 is 0 Å². The van der Waals surface area contributed by atoms with Gasteiger partial charge in [0.15, 0.2) is 11.4 Å². The number of ether oxygens (including phenoxy) is 1. The summed E-state index contributed by atoms with van der Waals surface area (Å²) in [6, 6.07) is 1.92. The van der Waals surface area contributed by atoms with Crippen LogP contribution in [0.2, 0.25) is 0 Å². The zero-order chi connectivity index (χ0) is 11.0. The van der Waals surface area contributed by atoms with Crippen LogP contribution in [0, 0.1) is 0 Å². The van der Waals surface area contributed by atoms with Gasteiger partial charge in [-0.1, -0.05) is 13.8 Å². The summed E-state index contributed by atoms with van der Waals surface area (Å²) in [5.74, 6) is 1.23. The normalized spacial score (nSPS) is 11.3. The zero-order valence-electron chi connectivity index (χ0n) is 8.99. The van der Waals surface area contributed by atoms with Gasteiger partial charge in [-0.25, -0.2) is 4.98 Å². The van der Waals surface area contributed by atoms with Gasteiger partial charge in [0.25, 0.3) is 0 Å². The van der Waals surface area contributed by atoms with Crippen LogP contribution in [0.1, 0.15) is 25.5 Å². The molecule has 80 valence electrons. The standard InChI is InChI=1S/C11H13BrN2O/c1-7(2)9-5-13-11-10(15-3)4-8(12)6-14(9)11/h4-7H,1-3H3. The number of pyridine rings is 1. The van der Waals surface area contributed by atoms with Crippen LogP contribution in [0.25, 0.3) is 5.65 Å². The number of methoxy groups -OCH3 is 1. The number of rotatable bonds is 2. The highest BCUT2D eigenvalue weighted by Crippen LogP contribution is 2.26. The molecule has 0 bridgehead atoms. The van der Waals surface area contributed by atoms with Crippen LogP contribution in [0.15, 0.2) is 22.9 Å². The van der Waals surface area contributed by atoms with Crippen molar-refractivity contribution in [1.29, 1.82) is 0 Å². The molecule has 0 saturated heterocycles. The molecule has 0 aliphatic rings. The van der Waals surface area contributed by atoms with Crippen molar-refractivity contribution in [2.75, 3.05) is 7.11 Å². The molecule has 2 heterocycles. The lowest BCUT2D eigenvalue weighted by atomic mass is 10.1. The van der Waals surface area contributed by atoms with Gasteiger partial charge in [0.2, 0.25) is 0 Å². The van der Waals surface area contributed by atoms with Crippen molar-refractivity contribution >= 4 is 21.6 Å². The highest BCUT2D eigenvalue weighted by molar-refractivity contribution is 9.10. The van der Waals surface area contributed by atoms with Crippen LogP contribution >= 0.6 is 15.9 Å². The van der Waals surface area contributed by atoms with Crippen LogP contribution in [0.4, 0.5) is 0 Å². The largest absolute Gasteiger partial charge is 0.493 e. The molecule has 2 aromatic rings. The molecule has 0 saturated carbocycles. The van der Waals surface area contributed by atoms with E-state index in [9.17, 15) is 0 Å². The SMILES string of the molecule is COc1cc(Br)cn2c(C(C)C)cnc12. The maximum absolute atomic E-state index is 5.29. The third-order valence-electron chi connectivity index (χ3n) is 2.38. The Morgan fingerprint density at radius 3 is 2.80 bits per heavy atom. The first-order valence-corrected chi connectivity index (χ1v) is 5.63. The molecule has 0 N–H and O–H groups in total. The first kappa shape index (κ1) is 10.5. The predicted octanol–water partition coefficient (Wildman–Crippen LogP) is 3.23. The van der Waals surface area contributed by atoms with Crippen molar-refractivity contribution in [3.8, 4) is 5.75 Å². The summed E-state index contributed by atoms with van der Waals surface area (Å²) >= 11 is 3.46. The van der Waals surface area contributed by atoms with Crippen molar-refractivity contribution in [3.63, 3.8) is 0 Å². The average molecular weight is 269 g/mol. The van der Waals surface area contributed by atoms with Gasteiger partial charge in [-0.3, -0.25) is 4.40 Å².